The second-order valence-electron chi connectivity index (χ2n) is 2.67. The number of nitrogens with zero attached hydrogens (tertiary/aromatic N) is 1. The number of hydrogen-bond acceptors (Lipinski definition) is 2. The quantitative estimate of drug-likeness (QED) is 0.733. The van der Waals surface area contributed by atoms with Gasteiger partial charge in [0.25, 0.3) is 0 Å². The summed E-state index contributed by atoms with van der Waals surface area (Å²) in [6.45, 7) is 1.74. The number of carbonyl (C=O) groups is 1. The molecule has 0 aliphatic carbocycles. The molecule has 1 amide bonds. The summed E-state index contributed by atoms with van der Waals surface area (Å²) in [7, 11) is 0. The molecule has 14 heavy (non-hydrogen) atoms. The molecule has 0 saturated heterocycles. The van der Waals surface area contributed by atoms with Gasteiger partial charge in [-0.05, 0) is 12.5 Å². The molecule has 1 aromatic carbocycles. The Morgan fingerprint density at radius 3 is 2.43 bits per heavy atom. The molecule has 0 aliphatic rings. The van der Waals surface area contributed by atoms with Crippen LogP contribution < -0.4 is 0 Å². The van der Waals surface area contributed by atoms with Crippen LogP contribution >= 0.6 is 23.6 Å². The number of amides is 1. The van der Waals surface area contributed by atoms with Gasteiger partial charge < -0.3 is 4.74 Å². The number of ether oxygens (including phenoxy) is 1. The van der Waals surface area contributed by atoms with Crippen molar-refractivity contribution in [2.45, 2.75) is 13.0 Å². The molecule has 5 heteroatoms. The zero-order valence-corrected chi connectivity index (χ0v) is 9.00. The third-order valence-electron chi connectivity index (χ3n) is 1.68. The molecule has 3 nitrogen and oxygen atoms in total. The third kappa shape index (κ3) is 3.09. The number of rotatable bonds is 2. The molecule has 0 radical (unpaired) electrons. The average Bonchev–Trinajstić information content (AvgIpc) is 2.19. The largest absolute Gasteiger partial charge is 0.440 e. The van der Waals surface area contributed by atoms with Gasteiger partial charge in [-0.1, -0.05) is 30.3 Å². The number of benzene rings is 1. The molecule has 0 aliphatic heterocycles. The van der Waals surface area contributed by atoms with Crippen LogP contribution in [0.5, 0.6) is 0 Å². The van der Waals surface area contributed by atoms with Crippen LogP contribution in [0.3, 0.4) is 0 Å². The summed E-state index contributed by atoms with van der Waals surface area (Å²) in [6, 6.07) is 9.31. The first-order valence-corrected chi connectivity index (χ1v) is 4.66. The normalized spacial score (nSPS) is 11.9. The Morgan fingerprint density at radius 2 is 1.93 bits per heavy atom. The number of hydrogen-bond donors (Lipinski definition) is 0. The molecule has 0 fully saturated rings. The lowest BCUT2D eigenvalue weighted by Crippen LogP contribution is -2.15. The van der Waals surface area contributed by atoms with E-state index in [2.05, 4.69) is 0 Å². The van der Waals surface area contributed by atoms with E-state index in [1.807, 2.05) is 30.3 Å². The van der Waals surface area contributed by atoms with Gasteiger partial charge in [0.1, 0.15) is 6.10 Å². The van der Waals surface area contributed by atoms with Crippen LogP contribution in [-0.2, 0) is 4.74 Å². The predicted molar refractivity (Wildman–Crippen MR) is 54.9 cm³/mol. The fourth-order valence-electron chi connectivity index (χ4n) is 0.983. The zero-order valence-electron chi connectivity index (χ0n) is 7.48. The molecule has 0 N–H and O–H groups in total. The molecule has 76 valence electrons. The van der Waals surface area contributed by atoms with Crippen LogP contribution in [0.1, 0.15) is 18.6 Å². The Kier molecular flexibility index (Phi) is 4.04. The van der Waals surface area contributed by atoms with E-state index in [1.54, 1.807) is 6.92 Å². The topological polar surface area (TPSA) is 29.5 Å². The molecule has 1 aromatic rings. The molecular formula is C9H9Cl2NO2. The average molecular weight is 234 g/mol. The lowest BCUT2D eigenvalue weighted by Gasteiger charge is -2.13. The van der Waals surface area contributed by atoms with Gasteiger partial charge >= 0.3 is 6.09 Å². The highest BCUT2D eigenvalue weighted by atomic mass is 35.5. The minimum absolute atomic E-state index is 0.361. The predicted octanol–water partition coefficient (Wildman–Crippen LogP) is 3.49. The first-order valence-electron chi connectivity index (χ1n) is 3.98. The monoisotopic (exact) mass is 233 g/mol. The van der Waals surface area contributed by atoms with Gasteiger partial charge in [-0.15, -0.1) is 3.94 Å². The number of halogens is 2. The van der Waals surface area contributed by atoms with Gasteiger partial charge in [-0.2, -0.15) is 0 Å². The van der Waals surface area contributed by atoms with E-state index in [4.69, 9.17) is 28.3 Å². The summed E-state index contributed by atoms with van der Waals surface area (Å²) in [5.41, 5.74) is 0.885. The molecule has 0 aromatic heterocycles. The zero-order chi connectivity index (χ0) is 10.6. The molecule has 0 saturated carbocycles. The van der Waals surface area contributed by atoms with Gasteiger partial charge in [0.2, 0.25) is 0 Å². The Hall–Kier alpha value is -0.930. The Labute approximate surface area is 92.4 Å². The molecule has 1 atom stereocenters. The Morgan fingerprint density at radius 1 is 1.36 bits per heavy atom. The summed E-state index contributed by atoms with van der Waals surface area (Å²) in [5.74, 6) is 0. The summed E-state index contributed by atoms with van der Waals surface area (Å²) in [4.78, 5) is 11.0. The van der Waals surface area contributed by atoms with Crippen LogP contribution in [-0.4, -0.2) is 10.0 Å². The minimum Gasteiger partial charge on any atom is -0.440 e. The van der Waals surface area contributed by atoms with E-state index in [0.29, 0.717) is 3.94 Å². The van der Waals surface area contributed by atoms with Crippen molar-refractivity contribution in [2.75, 3.05) is 0 Å². The third-order valence-corrected chi connectivity index (χ3v) is 1.96. The molecule has 1 unspecified atom stereocenters. The van der Waals surface area contributed by atoms with E-state index in [9.17, 15) is 4.79 Å². The maximum absolute atomic E-state index is 11.0. The van der Waals surface area contributed by atoms with E-state index in [1.165, 1.54) is 0 Å². The van der Waals surface area contributed by atoms with E-state index in [0.717, 1.165) is 5.56 Å². The van der Waals surface area contributed by atoms with Gasteiger partial charge in [0.05, 0.1) is 0 Å². The van der Waals surface area contributed by atoms with Gasteiger partial charge in [-0.3, -0.25) is 0 Å². The van der Waals surface area contributed by atoms with Crippen molar-refractivity contribution in [1.82, 2.24) is 3.94 Å². The van der Waals surface area contributed by atoms with Gasteiger partial charge in [0, 0.05) is 23.6 Å². The van der Waals surface area contributed by atoms with Crippen molar-refractivity contribution in [1.29, 1.82) is 0 Å². The summed E-state index contributed by atoms with van der Waals surface area (Å²) in [5, 5.41) is 0. The van der Waals surface area contributed by atoms with E-state index < -0.39 is 6.09 Å². The highest BCUT2D eigenvalue weighted by Crippen LogP contribution is 2.18. The molecule has 0 bridgehead atoms. The van der Waals surface area contributed by atoms with Crippen LogP contribution in [0, 0.1) is 0 Å². The van der Waals surface area contributed by atoms with E-state index >= 15 is 0 Å². The van der Waals surface area contributed by atoms with Crippen molar-refractivity contribution in [2.24, 2.45) is 0 Å². The second kappa shape index (κ2) is 5.08. The lowest BCUT2D eigenvalue weighted by molar-refractivity contribution is 0.101. The second-order valence-corrected chi connectivity index (χ2v) is 3.52. The Bertz CT molecular complexity index is 303. The smallest absolute Gasteiger partial charge is 0.440 e. The van der Waals surface area contributed by atoms with E-state index in [-0.39, 0.29) is 6.10 Å². The number of carbonyl (C=O) groups excluding carboxylic acids is 1. The maximum Gasteiger partial charge on any atom is 0.440 e. The summed E-state index contributed by atoms with van der Waals surface area (Å²) in [6.07, 6.45) is -1.16. The summed E-state index contributed by atoms with van der Waals surface area (Å²) >= 11 is 10.4. The van der Waals surface area contributed by atoms with Crippen LogP contribution in [0.15, 0.2) is 30.3 Å². The SMILES string of the molecule is CC(OC(=O)N(Cl)Cl)c1ccccc1. The highest BCUT2D eigenvalue weighted by molar-refractivity contribution is 6.40. The highest BCUT2D eigenvalue weighted by Gasteiger charge is 2.15. The first-order chi connectivity index (χ1) is 6.61. The Balaban J connectivity index is 2.59. The fraction of sp³-hybridized carbons (Fsp3) is 0.222. The van der Waals surface area contributed by atoms with Crippen LogP contribution in [0.2, 0.25) is 0 Å². The lowest BCUT2D eigenvalue weighted by atomic mass is 10.1. The molecular weight excluding hydrogens is 225 g/mol. The van der Waals surface area contributed by atoms with Crippen LogP contribution in [0.25, 0.3) is 0 Å². The maximum atomic E-state index is 11.0. The van der Waals surface area contributed by atoms with Crippen molar-refractivity contribution < 1.29 is 9.53 Å². The van der Waals surface area contributed by atoms with Crippen molar-refractivity contribution in [3.05, 3.63) is 35.9 Å². The summed E-state index contributed by atoms with van der Waals surface area (Å²) < 4.78 is 5.28. The van der Waals surface area contributed by atoms with Crippen molar-refractivity contribution in [3.8, 4) is 0 Å². The fourth-order valence-corrected chi connectivity index (χ4v) is 1.06. The first kappa shape index (κ1) is 11.1. The van der Waals surface area contributed by atoms with Gasteiger partial charge in [-0.25, -0.2) is 4.79 Å². The standard InChI is InChI=1S/C9H9Cl2NO2/c1-7(14-9(13)12(10)11)8-5-3-2-4-6-8/h2-7H,1H3. The van der Waals surface area contributed by atoms with Crippen molar-refractivity contribution >= 4 is 29.6 Å². The van der Waals surface area contributed by atoms with Gasteiger partial charge in [0.15, 0.2) is 0 Å². The minimum atomic E-state index is -0.787. The van der Waals surface area contributed by atoms with Crippen molar-refractivity contribution in [3.63, 3.8) is 0 Å². The molecule has 0 spiro atoms. The molecule has 0 heterocycles. The molecule has 1 rings (SSSR count). The van der Waals surface area contributed by atoms with Crippen LogP contribution in [0.4, 0.5) is 4.79 Å².